The van der Waals surface area contributed by atoms with E-state index in [1.54, 1.807) is 6.07 Å². The lowest BCUT2D eigenvalue weighted by atomic mass is 9.77. The second kappa shape index (κ2) is 7.80. The molecule has 3 fully saturated rings. The first kappa shape index (κ1) is 23.0. The fourth-order valence-corrected chi connectivity index (χ4v) is 9.06. The van der Waals surface area contributed by atoms with Crippen molar-refractivity contribution < 1.29 is 26.7 Å². The SMILES string of the molecule is CS(=O)(=O)Cc1ccc2c(c1)S(=O)(=O)N=C(C1=C(O)C3C([C@H]4CC[C@@H]3C4)N(C3CCCC3)C1=O)N2. The third kappa shape index (κ3) is 3.69. The first-order valence-electron chi connectivity index (χ1n) is 12.2. The van der Waals surface area contributed by atoms with Crippen LogP contribution in [0.4, 0.5) is 5.69 Å². The molecule has 11 heteroatoms. The molecular weight excluding hydrogens is 490 g/mol. The van der Waals surface area contributed by atoms with Crippen molar-refractivity contribution in [1.29, 1.82) is 0 Å². The van der Waals surface area contributed by atoms with Gasteiger partial charge in [0.1, 0.15) is 16.2 Å². The zero-order chi connectivity index (χ0) is 24.7. The molecule has 1 aromatic rings. The van der Waals surface area contributed by atoms with Gasteiger partial charge in [0.25, 0.3) is 15.9 Å². The van der Waals surface area contributed by atoms with Gasteiger partial charge in [-0.15, -0.1) is 4.40 Å². The largest absolute Gasteiger partial charge is 0.511 e. The zero-order valence-corrected chi connectivity index (χ0v) is 21.1. The number of amides is 1. The Balaban J connectivity index is 1.43. The van der Waals surface area contributed by atoms with E-state index >= 15 is 0 Å². The van der Waals surface area contributed by atoms with Gasteiger partial charge in [-0.3, -0.25) is 4.79 Å². The number of aliphatic hydroxyl groups is 1. The van der Waals surface area contributed by atoms with Gasteiger partial charge < -0.3 is 15.3 Å². The Morgan fingerprint density at radius 1 is 1.14 bits per heavy atom. The Hall–Kier alpha value is -2.40. The molecule has 9 nitrogen and oxygen atoms in total. The van der Waals surface area contributed by atoms with Crippen LogP contribution in [0, 0.1) is 17.8 Å². The van der Waals surface area contributed by atoms with Gasteiger partial charge in [0.2, 0.25) is 0 Å². The maximum atomic E-state index is 13.9. The molecule has 5 aliphatic rings. The number of nitrogens with one attached hydrogen (secondary N) is 1. The number of sulfonamides is 1. The summed E-state index contributed by atoms with van der Waals surface area (Å²) in [5.41, 5.74) is 0.506. The number of carbonyl (C=O) groups excluding carboxylic acids is 1. The van der Waals surface area contributed by atoms with Gasteiger partial charge in [0, 0.05) is 24.3 Å². The van der Waals surface area contributed by atoms with E-state index in [4.69, 9.17) is 0 Å². The highest BCUT2D eigenvalue weighted by molar-refractivity contribution is 7.90. The van der Waals surface area contributed by atoms with E-state index in [0.717, 1.165) is 51.2 Å². The van der Waals surface area contributed by atoms with Crippen LogP contribution in [0.5, 0.6) is 0 Å². The third-order valence-electron chi connectivity index (χ3n) is 8.39. The van der Waals surface area contributed by atoms with Crippen LogP contribution in [0.1, 0.15) is 50.5 Å². The van der Waals surface area contributed by atoms with E-state index in [2.05, 4.69) is 9.71 Å². The number of carbonyl (C=O) groups is 1. The molecule has 0 spiro atoms. The van der Waals surface area contributed by atoms with Crippen LogP contribution in [-0.4, -0.2) is 56.9 Å². The highest BCUT2D eigenvalue weighted by atomic mass is 32.2. The normalized spacial score (nSPS) is 31.9. The number of rotatable bonds is 4. The Kier molecular flexibility index (Phi) is 5.13. The summed E-state index contributed by atoms with van der Waals surface area (Å²) in [5.74, 6) is -0.366. The average molecular weight is 520 g/mol. The number of fused-ring (bicyclic) bond motifs is 6. The lowest BCUT2D eigenvalue weighted by molar-refractivity contribution is -0.136. The first-order valence-corrected chi connectivity index (χ1v) is 15.7. The van der Waals surface area contributed by atoms with Gasteiger partial charge in [0.05, 0.1) is 11.4 Å². The number of hydrogen-bond acceptors (Lipinski definition) is 7. The second-order valence-electron chi connectivity index (χ2n) is 10.7. The number of amidine groups is 1. The van der Waals surface area contributed by atoms with Crippen LogP contribution >= 0.6 is 0 Å². The number of nitrogens with zero attached hydrogens (tertiary/aromatic N) is 2. The lowest BCUT2D eigenvalue weighted by Crippen LogP contribution is -2.57. The predicted octanol–water partition coefficient (Wildman–Crippen LogP) is 2.76. The molecule has 35 heavy (non-hydrogen) atoms. The molecule has 2 heterocycles. The van der Waals surface area contributed by atoms with Crippen LogP contribution < -0.4 is 5.32 Å². The van der Waals surface area contributed by atoms with Crippen molar-refractivity contribution >= 4 is 37.3 Å². The van der Waals surface area contributed by atoms with Crippen LogP contribution in [0.15, 0.2) is 38.8 Å². The summed E-state index contributed by atoms with van der Waals surface area (Å²) < 4.78 is 53.6. The fourth-order valence-electron chi connectivity index (χ4n) is 7.11. The van der Waals surface area contributed by atoms with Gasteiger partial charge in [-0.05, 0) is 61.6 Å². The summed E-state index contributed by atoms with van der Waals surface area (Å²) in [5, 5.41) is 14.3. The molecule has 188 valence electrons. The summed E-state index contributed by atoms with van der Waals surface area (Å²) in [6, 6.07) is 4.40. The van der Waals surface area contributed by atoms with E-state index < -0.39 is 19.9 Å². The Labute approximate surface area is 205 Å². The van der Waals surface area contributed by atoms with E-state index in [0.29, 0.717) is 11.5 Å². The summed E-state index contributed by atoms with van der Waals surface area (Å²) >= 11 is 0. The molecule has 1 amide bonds. The number of sulfone groups is 1. The standard InChI is InChI=1S/C24H29N3O6S2/c1-34(30,31)12-13-6-9-17-18(10-13)35(32,33)26-23(25-17)20-22(28)19-14-7-8-15(11-14)21(19)27(24(20)29)16-4-2-3-5-16/h6,9-10,14-16,19,21,28H,2-5,7-8,11-12H2,1H3,(H,25,26)/t14-,15+,19?,21?/m1/s1. The molecule has 4 atom stereocenters. The van der Waals surface area contributed by atoms with Crippen molar-refractivity contribution in [2.75, 3.05) is 11.6 Å². The molecule has 2 bridgehead atoms. The topological polar surface area (TPSA) is 133 Å². The smallest absolute Gasteiger partial charge is 0.286 e. The van der Waals surface area contributed by atoms with E-state index in [1.165, 1.54) is 12.1 Å². The van der Waals surface area contributed by atoms with E-state index in [9.17, 15) is 26.7 Å². The van der Waals surface area contributed by atoms with E-state index in [1.807, 2.05) is 4.90 Å². The Morgan fingerprint density at radius 2 is 1.86 bits per heavy atom. The number of aliphatic hydroxyl groups excluding tert-OH is 1. The van der Waals surface area contributed by atoms with Crippen molar-refractivity contribution in [3.05, 3.63) is 35.1 Å². The third-order valence-corrected chi connectivity index (χ3v) is 10.6. The van der Waals surface area contributed by atoms with E-state index in [-0.39, 0.29) is 63.3 Å². The minimum absolute atomic E-state index is 0.0280. The van der Waals surface area contributed by atoms with Gasteiger partial charge in [-0.2, -0.15) is 8.42 Å². The van der Waals surface area contributed by atoms with Crippen molar-refractivity contribution in [1.82, 2.24) is 4.90 Å². The van der Waals surface area contributed by atoms with Crippen molar-refractivity contribution in [3.8, 4) is 0 Å². The van der Waals surface area contributed by atoms with Crippen LogP contribution in [0.2, 0.25) is 0 Å². The van der Waals surface area contributed by atoms with Crippen molar-refractivity contribution in [3.63, 3.8) is 0 Å². The summed E-state index contributed by atoms with van der Waals surface area (Å²) in [4.78, 5) is 15.7. The fraction of sp³-hybridized carbons (Fsp3) is 0.583. The van der Waals surface area contributed by atoms with Gasteiger partial charge in [0.15, 0.2) is 15.7 Å². The Bertz CT molecular complexity index is 1390. The molecule has 2 aliphatic heterocycles. The molecule has 3 saturated carbocycles. The first-order chi connectivity index (χ1) is 16.5. The molecule has 1 aromatic carbocycles. The molecule has 3 aliphatic carbocycles. The van der Waals surface area contributed by atoms with Gasteiger partial charge in [-0.25, -0.2) is 8.42 Å². The van der Waals surface area contributed by atoms with Crippen LogP contribution in [-0.2, 0) is 30.4 Å². The predicted molar refractivity (Wildman–Crippen MR) is 130 cm³/mol. The Morgan fingerprint density at radius 3 is 2.57 bits per heavy atom. The number of hydrogen-bond donors (Lipinski definition) is 2. The average Bonchev–Trinajstić information content (AvgIpc) is 3.51. The molecule has 6 rings (SSSR count). The minimum Gasteiger partial charge on any atom is -0.511 e. The van der Waals surface area contributed by atoms with Gasteiger partial charge >= 0.3 is 0 Å². The number of benzene rings is 1. The number of anilines is 1. The minimum atomic E-state index is -4.22. The molecule has 0 radical (unpaired) electrons. The maximum absolute atomic E-state index is 13.9. The summed E-state index contributed by atoms with van der Waals surface area (Å²) in [6.45, 7) is 0. The molecular formula is C24H29N3O6S2. The molecule has 2 unspecified atom stereocenters. The zero-order valence-electron chi connectivity index (χ0n) is 19.5. The second-order valence-corrected chi connectivity index (χ2v) is 14.4. The quantitative estimate of drug-likeness (QED) is 0.625. The summed E-state index contributed by atoms with van der Waals surface area (Å²) in [7, 11) is -7.57. The van der Waals surface area contributed by atoms with Crippen molar-refractivity contribution in [2.24, 2.45) is 22.2 Å². The van der Waals surface area contributed by atoms with Crippen LogP contribution in [0.25, 0.3) is 0 Å². The molecule has 2 N–H and O–H groups in total. The monoisotopic (exact) mass is 519 g/mol. The van der Waals surface area contributed by atoms with Crippen molar-refractivity contribution in [2.45, 2.75) is 67.7 Å². The highest BCUT2D eigenvalue weighted by Gasteiger charge is 2.58. The highest BCUT2D eigenvalue weighted by Crippen LogP contribution is 2.56. The molecule has 0 saturated heterocycles. The summed E-state index contributed by atoms with van der Waals surface area (Å²) in [6.07, 6.45) is 8.08. The lowest BCUT2D eigenvalue weighted by Gasteiger charge is -2.46. The van der Waals surface area contributed by atoms with Gasteiger partial charge in [-0.1, -0.05) is 18.9 Å². The molecule has 0 aromatic heterocycles. The maximum Gasteiger partial charge on any atom is 0.286 e. The van der Waals surface area contributed by atoms with Crippen LogP contribution in [0.3, 0.4) is 0 Å².